The molecular weight excluding hydrogens is 461 g/mol. The molecule has 1 aliphatic heterocycles. The molecule has 2 N–H and O–H groups in total. The number of nitrogens with zero attached hydrogens (tertiary/aromatic N) is 1. The SMILES string of the molecule is C/C1=C/C[C@@H](/C(F)=C/c2csc(C)n2)OC(=O)C[C@H](O)C(C)(C)C(=O)[C@H](C)[C@H](O)[C@@H](C)OCC1. The third-order valence-electron chi connectivity index (χ3n) is 6.30. The minimum absolute atomic E-state index is 0.0939. The van der Waals surface area contributed by atoms with E-state index < -0.39 is 59.7 Å². The van der Waals surface area contributed by atoms with E-state index in [1.54, 1.807) is 25.3 Å². The van der Waals surface area contributed by atoms with Gasteiger partial charge in [-0.05, 0) is 27.2 Å². The highest BCUT2D eigenvalue weighted by Gasteiger charge is 2.42. The number of cyclic esters (lactones) is 1. The van der Waals surface area contributed by atoms with Gasteiger partial charge in [-0.3, -0.25) is 9.59 Å². The molecule has 0 saturated carbocycles. The van der Waals surface area contributed by atoms with Gasteiger partial charge >= 0.3 is 5.97 Å². The minimum atomic E-state index is -1.38. The van der Waals surface area contributed by atoms with Gasteiger partial charge in [0.05, 0.1) is 47.5 Å². The fourth-order valence-electron chi connectivity index (χ4n) is 3.74. The van der Waals surface area contributed by atoms with Crippen LogP contribution in [0.5, 0.6) is 0 Å². The van der Waals surface area contributed by atoms with Crippen LogP contribution in [0.15, 0.2) is 22.9 Å². The lowest BCUT2D eigenvalue weighted by Crippen LogP contribution is -2.47. The number of hydrogen-bond acceptors (Lipinski definition) is 8. The fourth-order valence-corrected chi connectivity index (χ4v) is 4.31. The van der Waals surface area contributed by atoms with E-state index in [-0.39, 0.29) is 6.42 Å². The average Bonchev–Trinajstić information content (AvgIpc) is 3.18. The lowest BCUT2D eigenvalue weighted by Gasteiger charge is -2.34. The standard InChI is InChI=1S/C25H36FNO6S/c1-14-7-8-20(19(26)11-18-13-34-17(4)27-18)33-22(29)12-21(28)25(5,6)24(31)15(2)23(30)16(3)32-10-9-14/h7,11,13,15-16,20-21,23,28,30H,8-10,12H2,1-6H3/b14-7-,19-11-/t15-,16-,20+,21+,23+/m1/s1. The van der Waals surface area contributed by atoms with Crippen molar-refractivity contribution in [3.05, 3.63) is 33.6 Å². The van der Waals surface area contributed by atoms with Crippen molar-refractivity contribution in [2.75, 3.05) is 6.61 Å². The number of Topliss-reactive ketones (excluding diaryl/α,β-unsaturated/α-hetero) is 1. The van der Waals surface area contributed by atoms with Gasteiger partial charge in [-0.2, -0.15) is 0 Å². The summed E-state index contributed by atoms with van der Waals surface area (Å²) in [6.45, 7) is 10.3. The van der Waals surface area contributed by atoms with Crippen LogP contribution in [0.2, 0.25) is 0 Å². The molecule has 34 heavy (non-hydrogen) atoms. The molecule has 0 unspecified atom stereocenters. The molecule has 0 amide bonds. The van der Waals surface area contributed by atoms with Gasteiger partial charge in [0, 0.05) is 23.8 Å². The molecule has 1 aliphatic rings. The van der Waals surface area contributed by atoms with Crippen LogP contribution in [-0.4, -0.2) is 58.0 Å². The normalized spacial score (nSPS) is 32.1. The van der Waals surface area contributed by atoms with Crippen molar-refractivity contribution in [1.82, 2.24) is 4.98 Å². The summed E-state index contributed by atoms with van der Waals surface area (Å²) < 4.78 is 26.2. The number of rotatable bonds is 2. The van der Waals surface area contributed by atoms with Crippen molar-refractivity contribution in [2.24, 2.45) is 11.3 Å². The Kier molecular flexibility index (Phi) is 10.1. The summed E-state index contributed by atoms with van der Waals surface area (Å²) in [6.07, 6.45) is -1.09. The number of thiazole rings is 1. The Morgan fingerprint density at radius 2 is 1.94 bits per heavy atom. The predicted molar refractivity (Wildman–Crippen MR) is 129 cm³/mol. The summed E-state index contributed by atoms with van der Waals surface area (Å²) in [5.74, 6) is -2.70. The Balaban J connectivity index is 2.33. The first-order chi connectivity index (χ1) is 15.8. The zero-order chi connectivity index (χ0) is 25.6. The van der Waals surface area contributed by atoms with E-state index in [0.717, 1.165) is 10.6 Å². The third kappa shape index (κ3) is 7.53. The summed E-state index contributed by atoms with van der Waals surface area (Å²) in [4.78, 5) is 29.9. The van der Waals surface area contributed by atoms with E-state index in [0.29, 0.717) is 18.7 Å². The number of esters is 1. The first kappa shape index (κ1) is 28.3. The van der Waals surface area contributed by atoms with Crippen LogP contribution in [0.4, 0.5) is 4.39 Å². The van der Waals surface area contributed by atoms with Gasteiger partial charge in [-0.25, -0.2) is 9.37 Å². The van der Waals surface area contributed by atoms with Crippen molar-refractivity contribution in [1.29, 1.82) is 0 Å². The van der Waals surface area contributed by atoms with Gasteiger partial charge in [-0.1, -0.05) is 32.4 Å². The van der Waals surface area contributed by atoms with Gasteiger partial charge in [0.25, 0.3) is 0 Å². The highest BCUT2D eigenvalue weighted by Crippen LogP contribution is 2.31. The highest BCUT2D eigenvalue weighted by atomic mass is 32.1. The first-order valence-corrected chi connectivity index (χ1v) is 12.4. The summed E-state index contributed by atoms with van der Waals surface area (Å²) in [5, 5.41) is 23.8. The fraction of sp³-hybridized carbons (Fsp3) is 0.640. The topological polar surface area (TPSA) is 106 Å². The van der Waals surface area contributed by atoms with Crippen LogP contribution in [0.25, 0.3) is 6.08 Å². The van der Waals surface area contributed by atoms with Crippen LogP contribution in [-0.2, 0) is 19.1 Å². The molecule has 190 valence electrons. The van der Waals surface area contributed by atoms with E-state index >= 15 is 4.39 Å². The molecule has 0 aliphatic carbocycles. The Morgan fingerprint density at radius 3 is 2.56 bits per heavy atom. The van der Waals surface area contributed by atoms with Crippen LogP contribution < -0.4 is 0 Å². The molecule has 0 bridgehead atoms. The van der Waals surface area contributed by atoms with Gasteiger partial charge in [0.15, 0.2) is 6.10 Å². The molecule has 0 spiro atoms. The number of aromatic nitrogens is 1. The monoisotopic (exact) mass is 497 g/mol. The number of aliphatic hydroxyl groups is 2. The number of halogens is 1. The summed E-state index contributed by atoms with van der Waals surface area (Å²) in [6, 6.07) is 0. The largest absolute Gasteiger partial charge is 0.455 e. The van der Waals surface area contributed by atoms with Crippen molar-refractivity contribution >= 4 is 29.2 Å². The minimum Gasteiger partial charge on any atom is -0.455 e. The maximum atomic E-state index is 15.1. The number of hydrogen-bond donors (Lipinski definition) is 2. The number of ketones is 1. The van der Waals surface area contributed by atoms with E-state index in [9.17, 15) is 19.8 Å². The van der Waals surface area contributed by atoms with Gasteiger partial charge in [0.1, 0.15) is 11.6 Å². The van der Waals surface area contributed by atoms with Crippen molar-refractivity contribution in [3.63, 3.8) is 0 Å². The number of aryl methyl sites for hydroxylation is 1. The zero-order valence-electron chi connectivity index (χ0n) is 20.7. The lowest BCUT2D eigenvalue weighted by molar-refractivity contribution is -0.155. The summed E-state index contributed by atoms with van der Waals surface area (Å²) in [7, 11) is 0. The second kappa shape index (κ2) is 12.2. The van der Waals surface area contributed by atoms with E-state index in [1.165, 1.54) is 31.3 Å². The highest BCUT2D eigenvalue weighted by molar-refractivity contribution is 7.09. The van der Waals surface area contributed by atoms with Crippen LogP contribution in [0, 0.1) is 18.3 Å². The van der Waals surface area contributed by atoms with Gasteiger partial charge in [0.2, 0.25) is 0 Å². The number of carbonyl (C=O) groups excluding carboxylic acids is 2. The van der Waals surface area contributed by atoms with Crippen LogP contribution in [0.1, 0.15) is 64.6 Å². The number of carbonyl (C=O) groups is 2. The molecule has 0 fully saturated rings. The molecule has 0 radical (unpaired) electrons. The third-order valence-corrected chi connectivity index (χ3v) is 7.09. The molecule has 7 nitrogen and oxygen atoms in total. The Morgan fingerprint density at radius 1 is 1.26 bits per heavy atom. The number of aliphatic hydroxyl groups excluding tert-OH is 2. The van der Waals surface area contributed by atoms with Crippen molar-refractivity contribution in [2.45, 2.75) is 85.2 Å². The predicted octanol–water partition coefficient (Wildman–Crippen LogP) is 4.16. The molecule has 0 saturated heterocycles. The summed E-state index contributed by atoms with van der Waals surface area (Å²) in [5.41, 5.74) is -0.00246. The second-order valence-corrected chi connectivity index (χ2v) is 10.6. The lowest BCUT2D eigenvalue weighted by atomic mass is 9.74. The van der Waals surface area contributed by atoms with Gasteiger partial charge in [-0.15, -0.1) is 11.3 Å². The maximum absolute atomic E-state index is 15.1. The van der Waals surface area contributed by atoms with Crippen molar-refractivity contribution in [3.8, 4) is 0 Å². The van der Waals surface area contributed by atoms with Crippen molar-refractivity contribution < 1.29 is 33.7 Å². The van der Waals surface area contributed by atoms with E-state index in [1.807, 2.05) is 13.8 Å². The molecule has 2 heterocycles. The Labute approximate surface area is 204 Å². The molecule has 2 rings (SSSR count). The molecule has 1 aromatic heterocycles. The van der Waals surface area contributed by atoms with E-state index in [4.69, 9.17) is 9.47 Å². The Bertz CT molecular complexity index is 924. The molecule has 1 aromatic rings. The smallest absolute Gasteiger partial charge is 0.309 e. The Hall–Kier alpha value is -1.94. The van der Waals surface area contributed by atoms with E-state index in [2.05, 4.69) is 4.98 Å². The molecule has 0 aromatic carbocycles. The first-order valence-electron chi connectivity index (χ1n) is 11.5. The second-order valence-electron chi connectivity index (χ2n) is 9.50. The zero-order valence-corrected chi connectivity index (χ0v) is 21.5. The molecule has 5 atom stereocenters. The molecular formula is C25H36FNO6S. The van der Waals surface area contributed by atoms with Gasteiger partial charge < -0.3 is 19.7 Å². The number of ether oxygens (including phenoxy) is 2. The van der Waals surface area contributed by atoms with Crippen LogP contribution >= 0.6 is 11.3 Å². The molecule has 9 heteroatoms. The summed E-state index contributed by atoms with van der Waals surface area (Å²) >= 11 is 1.38. The quantitative estimate of drug-likeness (QED) is 0.467. The van der Waals surface area contributed by atoms with Crippen LogP contribution in [0.3, 0.4) is 0 Å². The average molecular weight is 498 g/mol. The maximum Gasteiger partial charge on any atom is 0.309 e.